The van der Waals surface area contributed by atoms with Gasteiger partial charge in [0.2, 0.25) is 0 Å². The third-order valence-electron chi connectivity index (χ3n) is 4.41. The zero-order valence-corrected chi connectivity index (χ0v) is 14.0. The van der Waals surface area contributed by atoms with E-state index in [-0.39, 0.29) is 17.6 Å². The van der Waals surface area contributed by atoms with Crippen LogP contribution in [0, 0.1) is 6.92 Å². The lowest BCUT2D eigenvalue weighted by Crippen LogP contribution is -2.59. The van der Waals surface area contributed by atoms with Crippen LogP contribution in [0.15, 0.2) is 11.4 Å². The zero-order valence-electron chi connectivity index (χ0n) is 13.2. The molecule has 2 aliphatic rings. The molecule has 5 nitrogen and oxygen atoms in total. The summed E-state index contributed by atoms with van der Waals surface area (Å²) in [5.74, 6) is 0.108. The number of carbonyl (C=O) groups excluding carboxylic acids is 1. The lowest BCUT2D eigenvalue weighted by molar-refractivity contribution is -0.0557. The summed E-state index contributed by atoms with van der Waals surface area (Å²) < 4.78 is 17.0. The first kappa shape index (κ1) is 15.9. The third kappa shape index (κ3) is 2.93. The second-order valence-corrected chi connectivity index (χ2v) is 6.88. The fourth-order valence-corrected chi connectivity index (χ4v) is 4.10. The number of thiophene rings is 1. The molecule has 0 radical (unpaired) electrons. The fraction of sp³-hybridized carbons (Fsp3) is 0.688. The van der Waals surface area contributed by atoms with Crippen molar-refractivity contribution in [2.45, 2.75) is 31.9 Å². The number of amides is 1. The molecule has 0 aliphatic carbocycles. The van der Waals surface area contributed by atoms with Crippen LogP contribution in [0.1, 0.15) is 28.6 Å². The van der Waals surface area contributed by atoms with E-state index in [1.54, 1.807) is 0 Å². The second-order valence-electron chi connectivity index (χ2n) is 5.96. The molecule has 1 spiro atoms. The molecule has 1 aromatic heterocycles. The van der Waals surface area contributed by atoms with Gasteiger partial charge in [0.15, 0.2) is 0 Å². The number of carbonyl (C=O) groups is 1. The van der Waals surface area contributed by atoms with Crippen LogP contribution in [0.25, 0.3) is 0 Å². The largest absolute Gasteiger partial charge is 0.379 e. The van der Waals surface area contributed by atoms with E-state index in [1.807, 2.05) is 30.2 Å². The average molecular weight is 325 g/mol. The normalized spacial score (nSPS) is 28.5. The molecule has 0 bridgehead atoms. The quantitative estimate of drug-likeness (QED) is 0.850. The Kier molecular flexibility index (Phi) is 4.82. The van der Waals surface area contributed by atoms with Crippen LogP contribution in [-0.2, 0) is 14.2 Å². The lowest BCUT2D eigenvalue weighted by Gasteiger charge is -2.43. The number of ether oxygens (including phenoxy) is 3. The molecule has 2 aliphatic heterocycles. The van der Waals surface area contributed by atoms with Crippen molar-refractivity contribution in [1.82, 2.24) is 4.90 Å². The van der Waals surface area contributed by atoms with Crippen molar-refractivity contribution in [2.75, 3.05) is 39.6 Å². The first-order valence-electron chi connectivity index (χ1n) is 7.79. The first-order valence-corrected chi connectivity index (χ1v) is 8.67. The van der Waals surface area contributed by atoms with Gasteiger partial charge in [-0.1, -0.05) is 0 Å². The Hall–Kier alpha value is -0.950. The number of nitrogens with zero attached hydrogens (tertiary/aromatic N) is 1. The van der Waals surface area contributed by atoms with Crippen molar-refractivity contribution in [1.29, 1.82) is 0 Å². The minimum Gasteiger partial charge on any atom is -0.379 e. The summed E-state index contributed by atoms with van der Waals surface area (Å²) in [7, 11) is 0. The molecule has 0 saturated carbocycles. The predicted octanol–water partition coefficient (Wildman–Crippen LogP) is 2.09. The van der Waals surface area contributed by atoms with Crippen molar-refractivity contribution in [3.63, 3.8) is 0 Å². The second kappa shape index (κ2) is 6.66. The van der Waals surface area contributed by atoms with Gasteiger partial charge in [0.05, 0.1) is 42.9 Å². The van der Waals surface area contributed by atoms with Crippen LogP contribution in [0.4, 0.5) is 0 Å². The minimum absolute atomic E-state index is 0.0429. The Bertz CT molecular complexity index is 532. The molecular formula is C16H23NO4S. The highest BCUT2D eigenvalue weighted by molar-refractivity contribution is 7.12. The van der Waals surface area contributed by atoms with Crippen molar-refractivity contribution in [3.05, 3.63) is 21.9 Å². The van der Waals surface area contributed by atoms with E-state index in [9.17, 15) is 4.79 Å². The van der Waals surface area contributed by atoms with E-state index < -0.39 is 0 Å². The number of morpholine rings is 1. The summed E-state index contributed by atoms with van der Waals surface area (Å²) in [6.45, 7) is 7.52. The number of aryl methyl sites for hydroxylation is 1. The van der Waals surface area contributed by atoms with Crippen LogP contribution in [0.2, 0.25) is 0 Å². The van der Waals surface area contributed by atoms with Crippen LogP contribution in [0.3, 0.4) is 0 Å². The molecule has 2 saturated heterocycles. The maximum absolute atomic E-state index is 13.0. The van der Waals surface area contributed by atoms with Gasteiger partial charge in [-0.05, 0) is 30.9 Å². The topological polar surface area (TPSA) is 48.0 Å². The van der Waals surface area contributed by atoms with E-state index in [1.165, 1.54) is 11.3 Å². The lowest BCUT2D eigenvalue weighted by atomic mass is 9.93. The van der Waals surface area contributed by atoms with E-state index in [2.05, 4.69) is 0 Å². The molecule has 122 valence electrons. The van der Waals surface area contributed by atoms with Gasteiger partial charge in [-0.25, -0.2) is 0 Å². The van der Waals surface area contributed by atoms with Gasteiger partial charge in [0.25, 0.3) is 5.91 Å². The third-order valence-corrected chi connectivity index (χ3v) is 5.41. The van der Waals surface area contributed by atoms with Crippen molar-refractivity contribution >= 4 is 17.2 Å². The highest BCUT2D eigenvalue weighted by Gasteiger charge is 2.49. The van der Waals surface area contributed by atoms with E-state index >= 15 is 0 Å². The number of hydrogen-bond donors (Lipinski definition) is 0. The molecule has 6 heteroatoms. The summed E-state index contributed by atoms with van der Waals surface area (Å²) >= 11 is 1.51. The number of hydrogen-bond acceptors (Lipinski definition) is 5. The van der Waals surface area contributed by atoms with Gasteiger partial charge < -0.3 is 19.1 Å². The Balaban J connectivity index is 1.77. The summed E-state index contributed by atoms with van der Waals surface area (Å²) in [5, 5.41) is 1.97. The Labute approximate surface area is 135 Å². The molecule has 0 unspecified atom stereocenters. The Morgan fingerprint density at radius 3 is 3.14 bits per heavy atom. The monoisotopic (exact) mass is 325 g/mol. The fourth-order valence-electron chi connectivity index (χ4n) is 3.22. The van der Waals surface area contributed by atoms with Gasteiger partial charge in [0, 0.05) is 19.6 Å². The Morgan fingerprint density at radius 2 is 2.41 bits per heavy atom. The van der Waals surface area contributed by atoms with Gasteiger partial charge in [-0.15, -0.1) is 11.3 Å². The predicted molar refractivity (Wildman–Crippen MR) is 84.5 cm³/mol. The van der Waals surface area contributed by atoms with E-state index in [4.69, 9.17) is 14.2 Å². The van der Waals surface area contributed by atoms with Gasteiger partial charge in [0.1, 0.15) is 0 Å². The average Bonchev–Trinajstić information content (AvgIpc) is 3.12. The minimum atomic E-state index is -0.340. The maximum Gasteiger partial charge on any atom is 0.264 e. The van der Waals surface area contributed by atoms with E-state index in [0.29, 0.717) is 39.6 Å². The molecule has 0 aromatic carbocycles. The van der Waals surface area contributed by atoms with Crippen molar-refractivity contribution in [3.8, 4) is 0 Å². The highest BCUT2D eigenvalue weighted by atomic mass is 32.1. The SMILES string of the molecule is CCOC[C@H]1C[C@]2(COCCN2C(=O)c2sccc2C)CO1. The maximum atomic E-state index is 13.0. The summed E-state index contributed by atoms with van der Waals surface area (Å²) in [5.41, 5.74) is 0.703. The summed E-state index contributed by atoms with van der Waals surface area (Å²) in [6, 6.07) is 1.99. The van der Waals surface area contributed by atoms with Gasteiger partial charge in [-0.2, -0.15) is 0 Å². The first-order chi connectivity index (χ1) is 10.7. The molecule has 3 rings (SSSR count). The molecule has 3 heterocycles. The number of rotatable bonds is 4. The van der Waals surface area contributed by atoms with Crippen LogP contribution in [-0.4, -0.2) is 62.0 Å². The highest BCUT2D eigenvalue weighted by Crippen LogP contribution is 2.35. The standard InChI is InChI=1S/C16H23NO4S/c1-3-19-9-13-8-16(11-21-13)10-20-6-5-17(16)15(18)14-12(2)4-7-22-14/h4,7,13H,3,5-6,8-11H2,1-2H3/t13-,16+/m1/s1. The van der Waals surface area contributed by atoms with Gasteiger partial charge in [-0.3, -0.25) is 4.79 Å². The summed E-state index contributed by atoms with van der Waals surface area (Å²) in [4.78, 5) is 15.8. The van der Waals surface area contributed by atoms with Crippen LogP contribution < -0.4 is 0 Å². The van der Waals surface area contributed by atoms with E-state index in [0.717, 1.165) is 16.9 Å². The Morgan fingerprint density at radius 1 is 1.55 bits per heavy atom. The van der Waals surface area contributed by atoms with Crippen molar-refractivity contribution < 1.29 is 19.0 Å². The molecule has 1 amide bonds. The smallest absolute Gasteiger partial charge is 0.264 e. The molecule has 2 fully saturated rings. The summed E-state index contributed by atoms with van der Waals surface area (Å²) in [6.07, 6.45) is 0.824. The molecule has 0 N–H and O–H groups in total. The molecule has 2 atom stereocenters. The zero-order chi connectivity index (χ0) is 15.6. The van der Waals surface area contributed by atoms with Crippen LogP contribution >= 0.6 is 11.3 Å². The van der Waals surface area contributed by atoms with Gasteiger partial charge >= 0.3 is 0 Å². The molecular weight excluding hydrogens is 302 g/mol. The molecule has 1 aromatic rings. The molecule has 22 heavy (non-hydrogen) atoms. The van der Waals surface area contributed by atoms with Crippen molar-refractivity contribution in [2.24, 2.45) is 0 Å². The van der Waals surface area contributed by atoms with Crippen LogP contribution in [0.5, 0.6) is 0 Å².